The summed E-state index contributed by atoms with van der Waals surface area (Å²) in [4.78, 5) is 0. The van der Waals surface area contributed by atoms with Crippen LogP contribution in [0.25, 0.3) is 6.08 Å². The normalized spacial score (nSPS) is 11.8. The molecular formula is C16H16O3S. The Bertz CT molecular complexity index is 647. The van der Waals surface area contributed by atoms with Crippen LogP contribution in [0.4, 0.5) is 0 Å². The molecule has 0 aromatic heterocycles. The van der Waals surface area contributed by atoms with Gasteiger partial charge in [-0.2, -0.15) is 8.42 Å². The average Bonchev–Trinajstić information content (AvgIpc) is 2.45. The average molecular weight is 288 g/mol. The van der Waals surface area contributed by atoms with E-state index in [-0.39, 0.29) is 12.4 Å². The molecule has 0 aliphatic rings. The van der Waals surface area contributed by atoms with Gasteiger partial charge in [0.15, 0.2) is 0 Å². The maximum atomic E-state index is 11.8. The summed E-state index contributed by atoms with van der Waals surface area (Å²) in [6, 6.07) is 18.6. The standard InChI is InChI=1S/C16H16O3S/c17-20(18,14-16-10-5-2-6-11-16)19-13-7-12-15-8-3-1-4-9-15/h1-12H,13-14H2. The summed E-state index contributed by atoms with van der Waals surface area (Å²) >= 11 is 0. The topological polar surface area (TPSA) is 43.4 Å². The van der Waals surface area contributed by atoms with Crippen LogP contribution in [0.1, 0.15) is 11.1 Å². The molecule has 4 heteroatoms. The molecule has 2 aromatic rings. The molecule has 0 fully saturated rings. The largest absolute Gasteiger partial charge is 0.271 e. The first-order chi connectivity index (χ1) is 9.66. The van der Waals surface area contributed by atoms with Gasteiger partial charge >= 0.3 is 0 Å². The molecule has 0 spiro atoms. The quantitative estimate of drug-likeness (QED) is 0.766. The van der Waals surface area contributed by atoms with Gasteiger partial charge in [0, 0.05) is 0 Å². The third kappa shape index (κ3) is 4.99. The minimum atomic E-state index is -3.54. The molecule has 0 N–H and O–H groups in total. The van der Waals surface area contributed by atoms with E-state index in [0.29, 0.717) is 0 Å². The molecule has 0 aliphatic heterocycles. The zero-order valence-electron chi connectivity index (χ0n) is 11.0. The second-order valence-electron chi connectivity index (χ2n) is 4.29. The molecule has 0 amide bonds. The van der Waals surface area contributed by atoms with Crippen LogP contribution in [0, 0.1) is 0 Å². The fraction of sp³-hybridized carbons (Fsp3) is 0.125. The number of benzene rings is 2. The van der Waals surface area contributed by atoms with Gasteiger partial charge in [-0.25, -0.2) is 0 Å². The first-order valence-corrected chi connectivity index (χ1v) is 7.86. The van der Waals surface area contributed by atoms with Gasteiger partial charge in [-0.1, -0.05) is 72.8 Å². The lowest BCUT2D eigenvalue weighted by Crippen LogP contribution is -2.08. The van der Waals surface area contributed by atoms with Crippen LogP contribution in [0.5, 0.6) is 0 Å². The first kappa shape index (κ1) is 14.5. The Morgan fingerprint density at radius 3 is 2.15 bits per heavy atom. The minimum Gasteiger partial charge on any atom is -0.266 e. The van der Waals surface area contributed by atoms with E-state index in [1.807, 2.05) is 42.5 Å². The molecule has 0 atom stereocenters. The van der Waals surface area contributed by atoms with Crippen molar-refractivity contribution in [1.29, 1.82) is 0 Å². The van der Waals surface area contributed by atoms with Crippen molar-refractivity contribution in [3.05, 3.63) is 77.9 Å². The summed E-state index contributed by atoms with van der Waals surface area (Å²) in [5.74, 6) is -0.104. The van der Waals surface area contributed by atoms with Gasteiger partial charge in [0.1, 0.15) is 5.75 Å². The molecule has 2 aromatic carbocycles. The third-order valence-corrected chi connectivity index (χ3v) is 3.82. The predicted octanol–water partition coefficient (Wildman–Crippen LogP) is 3.25. The first-order valence-electron chi connectivity index (χ1n) is 6.28. The van der Waals surface area contributed by atoms with Crippen LogP contribution in [-0.2, 0) is 20.1 Å². The van der Waals surface area contributed by atoms with E-state index in [0.717, 1.165) is 11.1 Å². The fourth-order valence-electron chi connectivity index (χ4n) is 1.71. The molecule has 0 heterocycles. The molecule has 0 bridgehead atoms. The van der Waals surface area contributed by atoms with Gasteiger partial charge in [-0.05, 0) is 11.1 Å². The Hall–Kier alpha value is -1.91. The van der Waals surface area contributed by atoms with Gasteiger partial charge in [0.25, 0.3) is 10.1 Å². The predicted molar refractivity (Wildman–Crippen MR) is 80.5 cm³/mol. The van der Waals surface area contributed by atoms with E-state index >= 15 is 0 Å². The second-order valence-corrected chi connectivity index (χ2v) is 5.92. The van der Waals surface area contributed by atoms with Crippen LogP contribution < -0.4 is 0 Å². The van der Waals surface area contributed by atoms with Crippen LogP contribution >= 0.6 is 0 Å². The Balaban J connectivity index is 1.85. The highest BCUT2D eigenvalue weighted by Crippen LogP contribution is 2.07. The van der Waals surface area contributed by atoms with Crippen molar-refractivity contribution in [2.24, 2.45) is 0 Å². The van der Waals surface area contributed by atoms with Crippen molar-refractivity contribution < 1.29 is 12.6 Å². The molecule has 104 valence electrons. The Labute approximate surface area is 119 Å². The highest BCUT2D eigenvalue weighted by atomic mass is 32.2. The Morgan fingerprint density at radius 2 is 1.50 bits per heavy atom. The van der Waals surface area contributed by atoms with Crippen molar-refractivity contribution in [2.75, 3.05) is 6.61 Å². The highest BCUT2D eigenvalue weighted by Gasteiger charge is 2.10. The molecule has 0 saturated carbocycles. The summed E-state index contributed by atoms with van der Waals surface area (Å²) in [7, 11) is -3.54. The summed E-state index contributed by atoms with van der Waals surface area (Å²) in [5, 5.41) is 0. The van der Waals surface area contributed by atoms with Gasteiger partial charge in [-0.3, -0.25) is 4.18 Å². The fourth-order valence-corrected chi connectivity index (χ4v) is 2.68. The lowest BCUT2D eigenvalue weighted by atomic mass is 10.2. The SMILES string of the molecule is O=S(=O)(Cc1ccccc1)OCC=Cc1ccccc1. The monoisotopic (exact) mass is 288 g/mol. The van der Waals surface area contributed by atoms with Crippen molar-refractivity contribution in [3.8, 4) is 0 Å². The Kier molecular flexibility index (Phi) is 5.09. The van der Waals surface area contributed by atoms with Crippen LogP contribution in [0.15, 0.2) is 66.7 Å². The van der Waals surface area contributed by atoms with E-state index in [1.54, 1.807) is 30.3 Å². The highest BCUT2D eigenvalue weighted by molar-refractivity contribution is 7.85. The van der Waals surface area contributed by atoms with E-state index in [2.05, 4.69) is 0 Å². The van der Waals surface area contributed by atoms with E-state index in [9.17, 15) is 8.42 Å². The van der Waals surface area contributed by atoms with Crippen molar-refractivity contribution in [3.63, 3.8) is 0 Å². The molecular weight excluding hydrogens is 272 g/mol. The van der Waals surface area contributed by atoms with Crippen molar-refractivity contribution in [1.82, 2.24) is 0 Å². The molecule has 20 heavy (non-hydrogen) atoms. The van der Waals surface area contributed by atoms with Crippen LogP contribution in [0.3, 0.4) is 0 Å². The number of hydrogen-bond acceptors (Lipinski definition) is 3. The molecule has 3 nitrogen and oxygen atoms in total. The van der Waals surface area contributed by atoms with E-state index < -0.39 is 10.1 Å². The van der Waals surface area contributed by atoms with E-state index in [4.69, 9.17) is 4.18 Å². The zero-order chi connectivity index (χ0) is 14.3. The molecule has 2 rings (SSSR count). The zero-order valence-corrected chi connectivity index (χ0v) is 11.8. The second kappa shape index (κ2) is 7.03. The summed E-state index contributed by atoms with van der Waals surface area (Å²) in [5.41, 5.74) is 1.73. The van der Waals surface area contributed by atoms with Crippen LogP contribution in [0.2, 0.25) is 0 Å². The lowest BCUT2D eigenvalue weighted by molar-refractivity contribution is 0.357. The molecule has 0 saturated heterocycles. The molecule has 0 aliphatic carbocycles. The number of hydrogen-bond donors (Lipinski definition) is 0. The minimum absolute atomic E-state index is 0.0457. The van der Waals surface area contributed by atoms with Gasteiger partial charge in [0.2, 0.25) is 0 Å². The maximum Gasteiger partial charge on any atom is 0.271 e. The van der Waals surface area contributed by atoms with Gasteiger partial charge in [0.05, 0.1) is 6.61 Å². The van der Waals surface area contributed by atoms with Crippen molar-refractivity contribution >= 4 is 16.2 Å². The maximum absolute atomic E-state index is 11.8. The van der Waals surface area contributed by atoms with Gasteiger partial charge in [-0.15, -0.1) is 0 Å². The summed E-state index contributed by atoms with van der Waals surface area (Å²) < 4.78 is 28.5. The third-order valence-electron chi connectivity index (χ3n) is 2.64. The van der Waals surface area contributed by atoms with Crippen molar-refractivity contribution in [2.45, 2.75) is 5.75 Å². The summed E-state index contributed by atoms with van der Waals surface area (Å²) in [6.07, 6.45) is 3.52. The number of rotatable bonds is 6. The van der Waals surface area contributed by atoms with Crippen LogP contribution in [-0.4, -0.2) is 15.0 Å². The van der Waals surface area contributed by atoms with Gasteiger partial charge < -0.3 is 0 Å². The smallest absolute Gasteiger partial charge is 0.266 e. The molecule has 0 unspecified atom stereocenters. The van der Waals surface area contributed by atoms with E-state index in [1.165, 1.54) is 0 Å². The molecule has 0 radical (unpaired) electrons. The Morgan fingerprint density at radius 1 is 0.900 bits per heavy atom. The summed E-state index contributed by atoms with van der Waals surface area (Å²) in [6.45, 7) is 0.0457. The lowest BCUT2D eigenvalue weighted by Gasteiger charge is -2.03.